The molecule has 0 saturated carbocycles. The molecule has 1 aliphatic rings. The van der Waals surface area contributed by atoms with Crippen molar-refractivity contribution >= 4 is 5.97 Å². The highest BCUT2D eigenvalue weighted by atomic mass is 16.5. The molecule has 0 aromatic carbocycles. The molecule has 0 spiro atoms. The summed E-state index contributed by atoms with van der Waals surface area (Å²) in [6.45, 7) is 0. The maximum Gasteiger partial charge on any atom is 0.333 e. The number of aliphatic hydroxyl groups excluding tert-OH is 2. The van der Waals surface area contributed by atoms with E-state index in [0.29, 0.717) is 0 Å². The van der Waals surface area contributed by atoms with Crippen LogP contribution in [0.5, 0.6) is 0 Å². The zero-order chi connectivity index (χ0) is 10.0. The maximum atomic E-state index is 11.0. The van der Waals surface area contributed by atoms with E-state index in [0.717, 1.165) is 0 Å². The smallest absolute Gasteiger partial charge is 0.333 e. The first-order valence-corrected chi connectivity index (χ1v) is 3.72. The minimum atomic E-state index is -1.26. The minimum absolute atomic E-state index is 0.153. The van der Waals surface area contributed by atoms with E-state index >= 15 is 0 Å². The Morgan fingerprint density at radius 3 is 3.08 bits per heavy atom. The fourth-order valence-electron chi connectivity index (χ4n) is 1.08. The molecule has 1 rings (SSSR count). The average molecular weight is 173 g/mol. The van der Waals surface area contributed by atoms with Gasteiger partial charge in [-0.2, -0.15) is 0 Å². The maximum absolute atomic E-state index is 11.0. The molecule has 0 aromatic rings. The number of rotatable bonds is 1. The highest BCUT2D eigenvalue weighted by molar-refractivity contribution is 5.88. The van der Waals surface area contributed by atoms with Gasteiger partial charge in [0, 0.05) is 5.57 Å². The molecule has 2 atom stereocenters. The van der Waals surface area contributed by atoms with Crippen LogP contribution >= 0.6 is 0 Å². The van der Waals surface area contributed by atoms with Gasteiger partial charge in [-0.05, 0) is 18.9 Å². The van der Waals surface area contributed by atoms with Gasteiger partial charge in [0.15, 0.2) is 0 Å². The highest BCUT2D eigenvalue weighted by Crippen LogP contribution is 2.19. The van der Waals surface area contributed by atoms with E-state index in [4.69, 9.17) is 6.48 Å². The topological polar surface area (TPSA) is 66.8 Å². The molecule has 0 saturated heterocycles. The van der Waals surface area contributed by atoms with Crippen molar-refractivity contribution in [3.05, 3.63) is 11.6 Å². The molecular formula is C8H12O4. The fraction of sp³-hybridized carbons (Fsp3) is 0.625. The summed E-state index contributed by atoms with van der Waals surface area (Å²) in [5.41, 5.74) is 0.153. The number of aliphatic hydroxyl groups is 2. The highest BCUT2D eigenvalue weighted by Gasteiger charge is 2.23. The molecule has 12 heavy (non-hydrogen) atoms. The number of esters is 1. The zero-order valence-corrected chi connectivity index (χ0v) is 6.78. The van der Waals surface area contributed by atoms with Crippen molar-refractivity contribution in [2.75, 3.05) is 7.11 Å². The van der Waals surface area contributed by atoms with Crippen LogP contribution in [0.1, 0.15) is 14.2 Å². The van der Waals surface area contributed by atoms with Crippen molar-refractivity contribution in [1.82, 2.24) is 0 Å². The normalized spacial score (nSPS) is 31.4. The molecule has 0 unspecified atom stereocenters. The largest absolute Gasteiger partial charge is 0.466 e. The van der Waals surface area contributed by atoms with Crippen molar-refractivity contribution in [1.29, 1.82) is 0 Å². The molecule has 0 amide bonds. The van der Waals surface area contributed by atoms with Crippen LogP contribution < -0.4 is 0 Å². The molecule has 0 heterocycles. The second-order valence-electron chi connectivity index (χ2n) is 2.67. The number of carbonyl (C=O) groups is 1. The monoisotopic (exact) mass is 173 g/mol. The third kappa shape index (κ3) is 1.84. The predicted octanol–water partition coefficient (Wildman–Crippen LogP) is -0.399. The Kier molecular flexibility index (Phi) is 2.39. The molecule has 0 fully saturated rings. The van der Waals surface area contributed by atoms with E-state index in [-0.39, 0.29) is 24.5 Å². The lowest BCUT2D eigenvalue weighted by Crippen LogP contribution is -2.29. The van der Waals surface area contributed by atoms with E-state index in [1.165, 1.54) is 7.11 Å². The van der Waals surface area contributed by atoms with Crippen LogP contribution in [-0.2, 0) is 9.53 Å². The van der Waals surface area contributed by atoms with Gasteiger partial charge in [-0.25, -0.2) is 4.79 Å². The quantitative estimate of drug-likeness (QED) is 0.529. The predicted molar refractivity (Wildman–Crippen MR) is 41.3 cm³/mol. The van der Waals surface area contributed by atoms with E-state index < -0.39 is 18.2 Å². The summed E-state index contributed by atoms with van der Waals surface area (Å²) in [7, 11) is 1.22. The van der Waals surface area contributed by atoms with E-state index in [9.17, 15) is 9.90 Å². The van der Waals surface area contributed by atoms with Gasteiger partial charge in [0.1, 0.15) is 0 Å². The summed E-state index contributed by atoms with van der Waals surface area (Å²) in [5.74, 6) is -0.601. The van der Waals surface area contributed by atoms with Crippen LogP contribution in [0, 0.1) is 0 Å². The van der Waals surface area contributed by atoms with Crippen LogP contribution in [0.2, 0.25) is 0 Å². The third-order valence-electron chi connectivity index (χ3n) is 1.81. The molecule has 4 nitrogen and oxygen atoms in total. The Labute approximate surface area is 71.9 Å². The average Bonchev–Trinajstić information content (AvgIpc) is 2.13. The van der Waals surface area contributed by atoms with Gasteiger partial charge >= 0.3 is 5.97 Å². The van der Waals surface area contributed by atoms with Crippen molar-refractivity contribution in [3.63, 3.8) is 0 Å². The minimum Gasteiger partial charge on any atom is -0.466 e. The Balaban J connectivity index is 2.90. The van der Waals surface area contributed by atoms with Gasteiger partial charge in [0.05, 0.1) is 20.7 Å². The van der Waals surface area contributed by atoms with Crippen LogP contribution in [0.15, 0.2) is 11.6 Å². The van der Waals surface area contributed by atoms with Crippen molar-refractivity contribution < 1.29 is 21.1 Å². The van der Waals surface area contributed by atoms with Crippen molar-refractivity contribution in [2.24, 2.45) is 0 Å². The van der Waals surface area contributed by atoms with Gasteiger partial charge in [-0.1, -0.05) is 0 Å². The number of hydrogen-bond donors (Lipinski definition) is 2. The SMILES string of the molecule is [2H]C1=C(C(=O)OC)CC[C@H](O)[C@@H]1O. The lowest BCUT2D eigenvalue weighted by molar-refractivity contribution is -0.136. The van der Waals surface area contributed by atoms with Crippen LogP contribution in [0.25, 0.3) is 0 Å². The van der Waals surface area contributed by atoms with Crippen LogP contribution in [-0.4, -0.2) is 35.5 Å². The summed E-state index contributed by atoms with van der Waals surface area (Å²) in [6.07, 6.45) is -1.64. The molecule has 0 radical (unpaired) electrons. The molecular weight excluding hydrogens is 160 g/mol. The Morgan fingerprint density at radius 2 is 2.50 bits per heavy atom. The summed E-state index contributed by atoms with van der Waals surface area (Å²) in [5, 5.41) is 18.4. The first-order valence-electron chi connectivity index (χ1n) is 4.22. The molecule has 0 bridgehead atoms. The van der Waals surface area contributed by atoms with Crippen molar-refractivity contribution in [3.8, 4) is 0 Å². The number of methoxy groups -OCH3 is 1. The number of ether oxygens (including phenoxy) is 1. The summed E-state index contributed by atoms with van der Waals surface area (Å²) in [4.78, 5) is 11.0. The Bertz CT molecular complexity index is 249. The lowest BCUT2D eigenvalue weighted by atomic mass is 9.95. The first-order chi connectivity index (χ1) is 6.07. The van der Waals surface area contributed by atoms with Crippen LogP contribution in [0.3, 0.4) is 0 Å². The second-order valence-corrected chi connectivity index (χ2v) is 2.67. The van der Waals surface area contributed by atoms with E-state index in [2.05, 4.69) is 4.74 Å². The molecule has 2 N–H and O–H groups in total. The number of hydrogen-bond acceptors (Lipinski definition) is 4. The molecule has 1 aliphatic carbocycles. The summed E-state index contributed by atoms with van der Waals surface area (Å²) in [6, 6.07) is -0.231. The Hall–Kier alpha value is -0.870. The van der Waals surface area contributed by atoms with Crippen molar-refractivity contribution in [2.45, 2.75) is 25.0 Å². The van der Waals surface area contributed by atoms with Crippen LogP contribution in [0.4, 0.5) is 0 Å². The lowest BCUT2D eigenvalue weighted by Gasteiger charge is -2.20. The van der Waals surface area contributed by atoms with E-state index in [1.807, 2.05) is 0 Å². The van der Waals surface area contributed by atoms with Gasteiger partial charge in [0.2, 0.25) is 0 Å². The molecule has 68 valence electrons. The molecule has 0 aromatic heterocycles. The van der Waals surface area contributed by atoms with Gasteiger partial charge < -0.3 is 14.9 Å². The van der Waals surface area contributed by atoms with Gasteiger partial charge in [-0.3, -0.25) is 0 Å². The third-order valence-corrected chi connectivity index (χ3v) is 1.81. The number of carbonyl (C=O) groups excluding carboxylic acids is 1. The second kappa shape index (κ2) is 3.69. The fourth-order valence-corrected chi connectivity index (χ4v) is 1.08. The summed E-state index contributed by atoms with van der Waals surface area (Å²) >= 11 is 0. The van der Waals surface area contributed by atoms with E-state index in [1.54, 1.807) is 0 Å². The zero-order valence-electron chi connectivity index (χ0n) is 7.78. The standard InChI is InChI=1S/C8H12O4/c1-12-8(11)5-2-3-6(9)7(10)4-5/h4,6-7,9-10H,2-3H2,1H3/t6-,7+/m0/s1/i4D. The molecule has 4 heteroatoms. The Morgan fingerprint density at radius 1 is 1.83 bits per heavy atom. The molecule has 0 aliphatic heterocycles. The van der Waals surface area contributed by atoms with Gasteiger partial charge in [0.25, 0.3) is 0 Å². The summed E-state index contributed by atoms with van der Waals surface area (Å²) < 4.78 is 11.8. The van der Waals surface area contributed by atoms with Gasteiger partial charge in [-0.15, -0.1) is 0 Å². The first kappa shape index (κ1) is 7.76.